The number of anilines is 1. The molecule has 35 heavy (non-hydrogen) atoms. The zero-order valence-corrected chi connectivity index (χ0v) is 22.6. The van der Waals surface area contributed by atoms with Crippen molar-refractivity contribution in [2.24, 2.45) is 0 Å². The Kier molecular flexibility index (Phi) is 10.7. The summed E-state index contributed by atoms with van der Waals surface area (Å²) in [5.41, 5.74) is 1.20. The van der Waals surface area contributed by atoms with E-state index in [0.29, 0.717) is 27.9 Å². The molecule has 2 aromatic carbocycles. The van der Waals surface area contributed by atoms with Gasteiger partial charge in [-0.05, 0) is 54.8 Å². The Morgan fingerprint density at radius 1 is 1.09 bits per heavy atom. The molecule has 0 saturated heterocycles. The van der Waals surface area contributed by atoms with Gasteiger partial charge in [0, 0.05) is 26.6 Å². The molecule has 0 fully saturated rings. The van der Waals surface area contributed by atoms with Crippen LogP contribution in [0.2, 0.25) is 10.0 Å². The summed E-state index contributed by atoms with van der Waals surface area (Å²) in [6.45, 7) is 2.09. The van der Waals surface area contributed by atoms with Crippen molar-refractivity contribution in [3.05, 3.63) is 58.1 Å². The standard InChI is InChI=1S/C24H31Cl2N3O5S/c1-5-22(24(31)27-2)28(16-17-8-13-20(25)21(26)15-17)23(30)7-6-14-29(35(4,32)33)18-9-11-19(34-3)12-10-18/h8-13,15,22H,5-7,14,16H2,1-4H3,(H,27,31)/t22-/m1/s1. The fourth-order valence-electron chi connectivity index (χ4n) is 3.67. The van der Waals surface area contributed by atoms with Crippen LogP contribution in [0.4, 0.5) is 5.69 Å². The molecule has 1 N–H and O–H groups in total. The molecule has 0 radical (unpaired) electrons. The predicted molar refractivity (Wildman–Crippen MR) is 140 cm³/mol. The molecule has 192 valence electrons. The molecular weight excluding hydrogens is 513 g/mol. The van der Waals surface area contributed by atoms with E-state index in [1.807, 2.05) is 6.92 Å². The summed E-state index contributed by atoms with van der Waals surface area (Å²) in [5, 5.41) is 3.35. The van der Waals surface area contributed by atoms with Crippen molar-refractivity contribution >= 4 is 50.7 Å². The largest absolute Gasteiger partial charge is 0.497 e. The lowest BCUT2D eigenvalue weighted by Crippen LogP contribution is -2.48. The Labute approximate surface area is 217 Å². The Balaban J connectivity index is 2.20. The van der Waals surface area contributed by atoms with Crippen molar-refractivity contribution in [2.75, 3.05) is 31.3 Å². The van der Waals surface area contributed by atoms with Crippen molar-refractivity contribution in [3.8, 4) is 5.75 Å². The third-order valence-corrected chi connectivity index (χ3v) is 7.41. The summed E-state index contributed by atoms with van der Waals surface area (Å²) in [7, 11) is -0.527. The molecule has 0 bridgehead atoms. The van der Waals surface area contributed by atoms with Gasteiger partial charge in [-0.25, -0.2) is 8.42 Å². The number of nitrogens with one attached hydrogen (secondary N) is 1. The number of carbonyl (C=O) groups excluding carboxylic acids is 2. The van der Waals surface area contributed by atoms with Crippen LogP contribution in [0.3, 0.4) is 0 Å². The molecule has 0 aliphatic carbocycles. The molecule has 0 spiro atoms. The van der Waals surface area contributed by atoms with E-state index in [1.54, 1.807) is 42.5 Å². The SMILES string of the molecule is CC[C@H](C(=O)NC)N(Cc1ccc(Cl)c(Cl)c1)C(=O)CCCN(c1ccc(OC)cc1)S(C)(=O)=O. The Hall–Kier alpha value is -2.49. The van der Waals surface area contributed by atoms with Crippen LogP contribution in [-0.4, -0.2) is 58.1 Å². The van der Waals surface area contributed by atoms with Crippen molar-refractivity contribution in [1.29, 1.82) is 0 Å². The molecule has 0 aliphatic heterocycles. The third kappa shape index (κ3) is 8.02. The monoisotopic (exact) mass is 543 g/mol. The number of likely N-dealkylation sites (N-methyl/N-ethyl adjacent to an activating group) is 1. The summed E-state index contributed by atoms with van der Waals surface area (Å²) in [5.74, 6) is 0.0572. The second-order valence-corrected chi connectivity index (χ2v) is 10.7. The fourth-order valence-corrected chi connectivity index (χ4v) is 4.96. The number of sulfonamides is 1. The number of carbonyl (C=O) groups is 2. The highest BCUT2D eigenvalue weighted by Gasteiger charge is 2.28. The molecule has 0 saturated carbocycles. The normalized spacial score (nSPS) is 12.1. The zero-order valence-electron chi connectivity index (χ0n) is 20.3. The van der Waals surface area contributed by atoms with Gasteiger partial charge in [-0.15, -0.1) is 0 Å². The van der Waals surface area contributed by atoms with E-state index in [9.17, 15) is 18.0 Å². The van der Waals surface area contributed by atoms with Gasteiger partial charge in [0.15, 0.2) is 0 Å². The first kappa shape index (κ1) is 28.7. The van der Waals surface area contributed by atoms with E-state index in [1.165, 1.54) is 23.4 Å². The van der Waals surface area contributed by atoms with Crippen LogP contribution in [0.25, 0.3) is 0 Å². The molecule has 0 aromatic heterocycles. The number of benzene rings is 2. The lowest BCUT2D eigenvalue weighted by Gasteiger charge is -2.31. The molecule has 0 heterocycles. The molecule has 2 amide bonds. The summed E-state index contributed by atoms with van der Waals surface area (Å²) in [4.78, 5) is 27.3. The summed E-state index contributed by atoms with van der Waals surface area (Å²) < 4.78 is 31.2. The van der Waals surface area contributed by atoms with E-state index in [4.69, 9.17) is 27.9 Å². The predicted octanol–water partition coefficient (Wildman–Crippen LogP) is 4.10. The van der Waals surface area contributed by atoms with Crippen molar-refractivity contribution in [1.82, 2.24) is 10.2 Å². The number of nitrogens with zero attached hydrogens (tertiary/aromatic N) is 2. The van der Waals surface area contributed by atoms with Gasteiger partial charge in [0.2, 0.25) is 21.8 Å². The summed E-state index contributed by atoms with van der Waals surface area (Å²) >= 11 is 12.1. The highest BCUT2D eigenvalue weighted by Crippen LogP contribution is 2.25. The quantitative estimate of drug-likeness (QED) is 0.434. The second kappa shape index (κ2) is 13.0. The molecule has 2 aromatic rings. The maximum Gasteiger partial charge on any atom is 0.242 e. The molecule has 0 unspecified atom stereocenters. The highest BCUT2D eigenvalue weighted by atomic mass is 35.5. The Bertz CT molecular complexity index is 1130. The van der Waals surface area contributed by atoms with Gasteiger partial charge in [-0.1, -0.05) is 36.2 Å². The molecule has 11 heteroatoms. The van der Waals surface area contributed by atoms with E-state index in [0.717, 1.165) is 11.8 Å². The maximum atomic E-state index is 13.3. The first-order valence-electron chi connectivity index (χ1n) is 11.1. The average Bonchev–Trinajstić information content (AvgIpc) is 2.82. The second-order valence-electron chi connectivity index (χ2n) is 7.95. The number of hydrogen-bond acceptors (Lipinski definition) is 5. The van der Waals surface area contributed by atoms with Gasteiger partial charge >= 0.3 is 0 Å². The lowest BCUT2D eigenvalue weighted by molar-refractivity contribution is -0.141. The smallest absolute Gasteiger partial charge is 0.242 e. The number of amides is 2. The van der Waals surface area contributed by atoms with E-state index >= 15 is 0 Å². The minimum Gasteiger partial charge on any atom is -0.497 e. The minimum atomic E-state index is -3.58. The van der Waals surface area contributed by atoms with Crippen LogP contribution in [0.5, 0.6) is 5.75 Å². The lowest BCUT2D eigenvalue weighted by atomic mass is 10.1. The highest BCUT2D eigenvalue weighted by molar-refractivity contribution is 7.92. The Morgan fingerprint density at radius 2 is 1.74 bits per heavy atom. The van der Waals surface area contributed by atoms with Crippen LogP contribution in [0.1, 0.15) is 31.7 Å². The molecule has 0 aliphatic rings. The van der Waals surface area contributed by atoms with E-state index in [2.05, 4.69) is 5.32 Å². The molecule has 2 rings (SSSR count). The van der Waals surface area contributed by atoms with Gasteiger partial charge < -0.3 is 15.0 Å². The van der Waals surface area contributed by atoms with Gasteiger partial charge in [0.05, 0.1) is 29.1 Å². The van der Waals surface area contributed by atoms with Crippen LogP contribution in [-0.2, 0) is 26.2 Å². The Morgan fingerprint density at radius 3 is 2.26 bits per heavy atom. The van der Waals surface area contributed by atoms with Crippen molar-refractivity contribution in [2.45, 2.75) is 38.8 Å². The third-order valence-electron chi connectivity index (χ3n) is 5.48. The van der Waals surface area contributed by atoms with Gasteiger partial charge in [0.25, 0.3) is 0 Å². The van der Waals surface area contributed by atoms with Gasteiger partial charge in [0.1, 0.15) is 11.8 Å². The van der Waals surface area contributed by atoms with Crippen molar-refractivity contribution in [3.63, 3.8) is 0 Å². The number of methoxy groups -OCH3 is 1. The van der Waals surface area contributed by atoms with Gasteiger partial charge in [-0.2, -0.15) is 0 Å². The fraction of sp³-hybridized carbons (Fsp3) is 0.417. The topological polar surface area (TPSA) is 96.0 Å². The van der Waals surface area contributed by atoms with E-state index < -0.39 is 16.1 Å². The summed E-state index contributed by atoms with van der Waals surface area (Å²) in [6, 6.07) is 11.0. The van der Waals surface area contributed by atoms with Crippen LogP contribution in [0.15, 0.2) is 42.5 Å². The van der Waals surface area contributed by atoms with Crippen LogP contribution >= 0.6 is 23.2 Å². The first-order valence-corrected chi connectivity index (χ1v) is 13.7. The van der Waals surface area contributed by atoms with E-state index in [-0.39, 0.29) is 37.7 Å². The average molecular weight is 545 g/mol. The van der Waals surface area contributed by atoms with Crippen molar-refractivity contribution < 1.29 is 22.7 Å². The van der Waals surface area contributed by atoms with Crippen LogP contribution < -0.4 is 14.4 Å². The maximum absolute atomic E-state index is 13.3. The molecule has 8 nitrogen and oxygen atoms in total. The minimum absolute atomic E-state index is 0.0526. The number of hydrogen-bond donors (Lipinski definition) is 1. The summed E-state index contributed by atoms with van der Waals surface area (Å²) in [6.07, 6.45) is 1.85. The zero-order chi connectivity index (χ0) is 26.2. The number of halogens is 2. The first-order chi connectivity index (χ1) is 16.5. The van der Waals surface area contributed by atoms with Gasteiger partial charge in [-0.3, -0.25) is 13.9 Å². The number of ether oxygens (including phenoxy) is 1. The molecule has 1 atom stereocenters. The number of rotatable bonds is 12. The van der Waals surface area contributed by atoms with Crippen LogP contribution in [0, 0.1) is 0 Å². The molecular formula is C24H31Cl2N3O5S.